The summed E-state index contributed by atoms with van der Waals surface area (Å²) in [6.45, 7) is -0.481. The van der Waals surface area contributed by atoms with Gasteiger partial charge in [-0.2, -0.15) is 0 Å². The first kappa shape index (κ1) is 34.6. The maximum absolute atomic E-state index is 13.7. The number of guanidine groups is 1. The Morgan fingerprint density at radius 3 is 2.21 bits per heavy atom. The van der Waals surface area contributed by atoms with Crippen molar-refractivity contribution < 1.29 is 38.7 Å². The average Bonchev–Trinajstić information content (AvgIpc) is 3.47. The van der Waals surface area contributed by atoms with Crippen LogP contribution in [0.2, 0.25) is 0 Å². The molecule has 17 heteroatoms. The quantitative estimate of drug-likeness (QED) is 0.0798. The van der Waals surface area contributed by atoms with Crippen LogP contribution >= 0.6 is 0 Å². The van der Waals surface area contributed by atoms with E-state index in [4.69, 9.17) is 11.5 Å². The second kappa shape index (κ2) is 15.9. The fraction of sp³-hybridized carbons (Fsp3) is 0.533. The van der Waals surface area contributed by atoms with Crippen molar-refractivity contribution in [3.8, 4) is 0 Å². The number of hydrogen-bond donors (Lipinski definition) is 8. The van der Waals surface area contributed by atoms with E-state index in [0.717, 1.165) is 0 Å². The van der Waals surface area contributed by atoms with Crippen LogP contribution < -0.4 is 38.1 Å². The molecule has 0 aromatic heterocycles. The minimum Gasteiger partial charge on any atom is -0.481 e. The van der Waals surface area contributed by atoms with Gasteiger partial charge in [-0.15, -0.1) is 0 Å². The first-order chi connectivity index (χ1) is 22.4. The summed E-state index contributed by atoms with van der Waals surface area (Å²) in [7, 11) is 0. The number of aliphatic imine (C=N–C) groups is 1. The summed E-state index contributed by atoms with van der Waals surface area (Å²) >= 11 is 0. The highest BCUT2D eigenvalue weighted by atomic mass is 16.4. The fourth-order valence-corrected chi connectivity index (χ4v) is 6.12. The van der Waals surface area contributed by atoms with Crippen molar-refractivity contribution in [2.75, 3.05) is 13.1 Å². The fourth-order valence-electron chi connectivity index (χ4n) is 6.12. The number of aliphatic carboxylic acids is 1. The molecule has 2 bridgehead atoms. The Morgan fingerprint density at radius 2 is 1.51 bits per heavy atom. The molecule has 3 aliphatic rings. The van der Waals surface area contributed by atoms with Gasteiger partial charge in [0.2, 0.25) is 35.4 Å². The molecule has 0 spiro atoms. The molecule has 47 heavy (non-hydrogen) atoms. The van der Waals surface area contributed by atoms with Gasteiger partial charge in [0, 0.05) is 19.0 Å². The number of piperidine rings is 1. The molecule has 0 unspecified atom stereocenters. The smallest absolute Gasteiger partial charge is 0.305 e. The molecule has 4 rings (SSSR count). The molecular formula is C30H41N9O8. The van der Waals surface area contributed by atoms with Gasteiger partial charge in [-0.3, -0.25) is 38.6 Å². The molecular weight excluding hydrogens is 614 g/mol. The molecule has 0 aliphatic carbocycles. The first-order valence-corrected chi connectivity index (χ1v) is 15.5. The number of fused-ring (bicyclic) bond motifs is 1. The van der Waals surface area contributed by atoms with E-state index in [-0.39, 0.29) is 37.8 Å². The van der Waals surface area contributed by atoms with E-state index in [1.54, 1.807) is 30.3 Å². The molecule has 1 aromatic rings. The normalized spacial score (nSPS) is 27.3. The van der Waals surface area contributed by atoms with Crippen molar-refractivity contribution in [1.82, 2.24) is 31.5 Å². The number of carboxylic acids is 1. The summed E-state index contributed by atoms with van der Waals surface area (Å²) in [4.78, 5) is 97.2. The predicted molar refractivity (Wildman–Crippen MR) is 166 cm³/mol. The summed E-state index contributed by atoms with van der Waals surface area (Å²) in [5.74, 6) is -5.77. The highest BCUT2D eigenvalue weighted by Crippen LogP contribution is 2.33. The van der Waals surface area contributed by atoms with Crippen LogP contribution in [0, 0.1) is 0 Å². The third kappa shape index (κ3) is 9.40. The van der Waals surface area contributed by atoms with Crippen LogP contribution in [0.1, 0.15) is 50.5 Å². The number of nitrogens with zero attached hydrogens (tertiary/aromatic N) is 2. The molecule has 3 saturated heterocycles. The van der Waals surface area contributed by atoms with Gasteiger partial charge in [-0.25, -0.2) is 0 Å². The second-order valence-electron chi connectivity index (χ2n) is 11.8. The maximum Gasteiger partial charge on any atom is 0.305 e. The number of amides is 6. The number of rotatable bonds is 8. The Bertz CT molecular complexity index is 1400. The van der Waals surface area contributed by atoms with E-state index < -0.39 is 84.6 Å². The lowest BCUT2D eigenvalue weighted by Gasteiger charge is -2.38. The molecule has 3 fully saturated rings. The van der Waals surface area contributed by atoms with Crippen molar-refractivity contribution in [1.29, 1.82) is 0 Å². The van der Waals surface area contributed by atoms with Crippen LogP contribution in [-0.4, -0.2) is 107 Å². The van der Waals surface area contributed by atoms with E-state index in [1.165, 1.54) is 4.90 Å². The summed E-state index contributed by atoms with van der Waals surface area (Å²) in [5, 5.41) is 22.1. The van der Waals surface area contributed by atoms with Crippen molar-refractivity contribution in [3.63, 3.8) is 0 Å². The van der Waals surface area contributed by atoms with Crippen LogP contribution in [0.4, 0.5) is 0 Å². The molecule has 3 heterocycles. The van der Waals surface area contributed by atoms with Crippen molar-refractivity contribution in [2.45, 2.75) is 87.6 Å². The molecule has 0 radical (unpaired) electrons. The minimum atomic E-state index is -1.60. The average molecular weight is 656 g/mol. The number of benzene rings is 1. The molecule has 6 atom stereocenters. The largest absolute Gasteiger partial charge is 0.481 e. The van der Waals surface area contributed by atoms with Crippen molar-refractivity contribution in [3.05, 3.63) is 35.9 Å². The van der Waals surface area contributed by atoms with Gasteiger partial charge in [-0.1, -0.05) is 30.3 Å². The van der Waals surface area contributed by atoms with Crippen LogP contribution in [0.15, 0.2) is 35.3 Å². The molecule has 6 amide bonds. The lowest BCUT2D eigenvalue weighted by atomic mass is 9.97. The summed E-state index contributed by atoms with van der Waals surface area (Å²) in [6.07, 6.45) is 1.31. The third-order valence-corrected chi connectivity index (χ3v) is 8.41. The Balaban J connectivity index is 1.63. The monoisotopic (exact) mass is 655 g/mol. The number of carbonyl (C=O) groups excluding carboxylic acids is 6. The molecule has 254 valence electrons. The minimum absolute atomic E-state index is 0.00502. The van der Waals surface area contributed by atoms with Gasteiger partial charge < -0.3 is 48.1 Å². The predicted octanol–water partition coefficient (Wildman–Crippen LogP) is -3.02. The standard InChI is InChI=1S/C30H41N9O8/c31-30(32)33-12-4-7-18-25(43)34-15-23(40)35-21(14-24(41)42)27(45)38-20(13-16-5-2-1-3-6-16)26(44)37-19-10-8-17-9-11-22(28(46)36-18)39(17)29(19)47/h1-3,5-6,17-22H,4,7-15H2,(H,34,43)(H,35,40)(H,36,46)(H,37,44)(H,38,45)(H,41,42)(H4,31,32,33)/t17-,18+,19+,20+,21+,22+/m1/s1. The first-order valence-electron chi connectivity index (χ1n) is 15.5. The number of carbonyl (C=O) groups is 7. The lowest BCUT2D eigenvalue weighted by Crippen LogP contribution is -2.62. The molecule has 0 saturated carbocycles. The van der Waals surface area contributed by atoms with E-state index in [1.807, 2.05) is 0 Å². The zero-order chi connectivity index (χ0) is 34.1. The van der Waals surface area contributed by atoms with E-state index in [9.17, 15) is 38.7 Å². The SMILES string of the molecule is NC(N)=NCCC[C@@H]1NC(=O)[C@@H]2CC[C@H]3CC[C@H](NC(=O)[C@H](Cc4ccccc4)NC(=O)[C@H](CC(=O)O)NC(=O)CNC1=O)C(=O)N32. The Hall–Kier alpha value is -5.22. The zero-order valence-electron chi connectivity index (χ0n) is 25.8. The number of nitrogens with two attached hydrogens (primary N) is 2. The Kier molecular flexibility index (Phi) is 11.7. The summed E-state index contributed by atoms with van der Waals surface area (Å²) < 4.78 is 0. The van der Waals surface area contributed by atoms with Gasteiger partial charge in [0.25, 0.3) is 0 Å². The molecule has 3 aliphatic heterocycles. The number of nitrogens with one attached hydrogen (secondary N) is 5. The van der Waals surface area contributed by atoms with Gasteiger partial charge in [0.05, 0.1) is 13.0 Å². The Labute approximate surface area is 270 Å². The topological polar surface area (TPSA) is 268 Å². The second-order valence-corrected chi connectivity index (χ2v) is 11.8. The highest BCUT2D eigenvalue weighted by Gasteiger charge is 2.47. The van der Waals surface area contributed by atoms with E-state index >= 15 is 0 Å². The lowest BCUT2D eigenvalue weighted by molar-refractivity contribution is -0.147. The number of hydrogen-bond acceptors (Lipinski definition) is 8. The maximum atomic E-state index is 13.7. The van der Waals surface area contributed by atoms with Crippen LogP contribution in [0.25, 0.3) is 0 Å². The van der Waals surface area contributed by atoms with Gasteiger partial charge in [0.1, 0.15) is 30.2 Å². The molecule has 17 nitrogen and oxygen atoms in total. The van der Waals surface area contributed by atoms with E-state index in [0.29, 0.717) is 31.2 Å². The van der Waals surface area contributed by atoms with Crippen molar-refractivity contribution >= 4 is 47.4 Å². The zero-order valence-corrected chi connectivity index (χ0v) is 25.8. The number of carboxylic acid groups (broad SMARTS) is 1. The highest BCUT2D eigenvalue weighted by molar-refractivity contribution is 5.98. The Morgan fingerprint density at radius 1 is 0.830 bits per heavy atom. The summed E-state index contributed by atoms with van der Waals surface area (Å²) in [5.41, 5.74) is 11.4. The molecule has 10 N–H and O–H groups in total. The van der Waals surface area contributed by atoms with Crippen molar-refractivity contribution in [2.24, 2.45) is 16.5 Å². The van der Waals surface area contributed by atoms with Gasteiger partial charge >= 0.3 is 5.97 Å². The summed E-state index contributed by atoms with van der Waals surface area (Å²) in [6, 6.07) is 2.67. The van der Waals surface area contributed by atoms with E-state index in [2.05, 4.69) is 31.6 Å². The van der Waals surface area contributed by atoms with Gasteiger partial charge in [0.15, 0.2) is 5.96 Å². The van der Waals surface area contributed by atoms with Crippen LogP contribution in [0.5, 0.6) is 0 Å². The van der Waals surface area contributed by atoms with Crippen LogP contribution in [0.3, 0.4) is 0 Å². The van der Waals surface area contributed by atoms with Gasteiger partial charge in [-0.05, 0) is 44.1 Å². The third-order valence-electron chi connectivity index (χ3n) is 8.41. The van der Waals surface area contributed by atoms with Crippen LogP contribution in [-0.2, 0) is 40.0 Å². The molecule has 1 aromatic carbocycles.